The summed E-state index contributed by atoms with van der Waals surface area (Å²) in [7, 11) is 0. The van der Waals surface area contributed by atoms with Gasteiger partial charge in [-0.1, -0.05) is 6.07 Å². The van der Waals surface area contributed by atoms with Gasteiger partial charge in [-0.05, 0) is 42.3 Å². The third-order valence-electron chi connectivity index (χ3n) is 4.35. The minimum absolute atomic E-state index is 0.189. The van der Waals surface area contributed by atoms with Crippen LogP contribution in [0.25, 0.3) is 0 Å². The average molecular weight is 346 g/mol. The second-order valence-corrected chi connectivity index (χ2v) is 7.00. The minimum atomic E-state index is -0.986. The van der Waals surface area contributed by atoms with Gasteiger partial charge in [0.25, 0.3) is 0 Å². The fourth-order valence-electron chi connectivity index (χ4n) is 2.88. The molecule has 2 aliphatic rings. The normalized spacial score (nSPS) is 18.0. The minimum Gasteiger partial charge on any atom is -0.454 e. The van der Waals surface area contributed by atoms with Gasteiger partial charge in [-0.15, -0.1) is 11.3 Å². The molecule has 24 heavy (non-hydrogen) atoms. The number of urea groups is 1. The fourth-order valence-corrected chi connectivity index (χ4v) is 3.79. The maximum absolute atomic E-state index is 12.2. The van der Waals surface area contributed by atoms with Crippen molar-refractivity contribution < 1.29 is 19.4 Å². The van der Waals surface area contributed by atoms with E-state index in [-0.39, 0.29) is 25.3 Å². The highest BCUT2D eigenvalue weighted by atomic mass is 32.1. The van der Waals surface area contributed by atoms with Gasteiger partial charge in [0, 0.05) is 16.6 Å². The van der Waals surface area contributed by atoms with Crippen LogP contribution in [-0.2, 0) is 5.60 Å². The van der Waals surface area contributed by atoms with E-state index in [0.29, 0.717) is 17.2 Å². The van der Waals surface area contributed by atoms with Gasteiger partial charge in [0.1, 0.15) is 5.60 Å². The van der Waals surface area contributed by atoms with Crippen molar-refractivity contribution in [3.05, 3.63) is 40.6 Å². The number of hydrogen-bond acceptors (Lipinski definition) is 5. The molecule has 6 nitrogen and oxygen atoms in total. The molecule has 0 spiro atoms. The Morgan fingerprint density at radius 2 is 2.12 bits per heavy atom. The predicted octanol–water partition coefficient (Wildman–Crippen LogP) is 2.90. The summed E-state index contributed by atoms with van der Waals surface area (Å²) in [6.07, 6.45) is 1.97. The van der Waals surface area contributed by atoms with Crippen LogP contribution in [0, 0.1) is 5.92 Å². The third kappa shape index (κ3) is 2.92. The zero-order valence-corrected chi connectivity index (χ0v) is 13.8. The Kier molecular flexibility index (Phi) is 3.82. The molecule has 4 rings (SSSR count). The van der Waals surface area contributed by atoms with Crippen LogP contribution < -0.4 is 20.1 Å². The first-order valence-electron chi connectivity index (χ1n) is 7.86. The van der Waals surface area contributed by atoms with E-state index >= 15 is 0 Å². The Bertz CT molecular complexity index is 745. The van der Waals surface area contributed by atoms with Crippen molar-refractivity contribution >= 4 is 23.1 Å². The molecule has 3 N–H and O–H groups in total. The Hall–Kier alpha value is -2.25. The van der Waals surface area contributed by atoms with Gasteiger partial charge >= 0.3 is 6.03 Å². The topological polar surface area (TPSA) is 79.8 Å². The number of aliphatic hydroxyl groups is 1. The number of anilines is 1. The maximum Gasteiger partial charge on any atom is 0.319 e. The van der Waals surface area contributed by atoms with Crippen LogP contribution in [0.1, 0.15) is 17.7 Å². The van der Waals surface area contributed by atoms with Crippen molar-refractivity contribution in [1.29, 1.82) is 0 Å². The Morgan fingerprint density at radius 1 is 1.29 bits per heavy atom. The molecule has 0 unspecified atom stereocenters. The zero-order valence-electron chi connectivity index (χ0n) is 13.0. The predicted molar refractivity (Wildman–Crippen MR) is 90.5 cm³/mol. The number of amides is 2. The number of carbonyl (C=O) groups excluding carboxylic acids is 1. The van der Waals surface area contributed by atoms with E-state index < -0.39 is 5.60 Å². The van der Waals surface area contributed by atoms with Crippen LogP contribution in [-0.4, -0.2) is 24.5 Å². The van der Waals surface area contributed by atoms with Crippen LogP contribution in [0.2, 0.25) is 0 Å². The molecule has 126 valence electrons. The summed E-state index contributed by atoms with van der Waals surface area (Å²) in [6.45, 7) is 0.384. The lowest BCUT2D eigenvalue weighted by Gasteiger charge is -2.27. The van der Waals surface area contributed by atoms with E-state index in [4.69, 9.17) is 9.47 Å². The van der Waals surface area contributed by atoms with Crippen molar-refractivity contribution in [1.82, 2.24) is 5.32 Å². The number of rotatable bonds is 5. The van der Waals surface area contributed by atoms with Crippen molar-refractivity contribution in [2.75, 3.05) is 18.7 Å². The van der Waals surface area contributed by atoms with Gasteiger partial charge in [-0.25, -0.2) is 4.79 Å². The highest BCUT2D eigenvalue weighted by Gasteiger charge is 2.45. The summed E-state index contributed by atoms with van der Waals surface area (Å²) >= 11 is 1.52. The van der Waals surface area contributed by atoms with Crippen LogP contribution in [0.15, 0.2) is 35.7 Å². The smallest absolute Gasteiger partial charge is 0.319 e. The quantitative estimate of drug-likeness (QED) is 0.778. The number of hydrogen-bond donors (Lipinski definition) is 3. The van der Waals surface area contributed by atoms with E-state index in [0.717, 1.165) is 17.7 Å². The standard InChI is InChI=1S/C17H18N2O4S/c20-16(19-12-5-6-13-14(8-12)23-10-22-13)18-9-17(21,11-3-4-11)15-2-1-7-24-15/h1-2,5-8,11,21H,3-4,9-10H2,(H2,18,19,20)/t17-/m0/s1. The molecule has 2 aromatic rings. The van der Waals surface area contributed by atoms with Crippen molar-refractivity contribution in [3.8, 4) is 11.5 Å². The van der Waals surface area contributed by atoms with Gasteiger partial charge < -0.3 is 25.2 Å². The summed E-state index contributed by atoms with van der Waals surface area (Å²) in [4.78, 5) is 13.1. The van der Waals surface area contributed by atoms with Gasteiger partial charge in [-0.2, -0.15) is 0 Å². The number of carbonyl (C=O) groups is 1. The number of ether oxygens (including phenoxy) is 2. The highest BCUT2D eigenvalue weighted by molar-refractivity contribution is 7.10. The third-order valence-corrected chi connectivity index (χ3v) is 5.39. The van der Waals surface area contributed by atoms with Crippen LogP contribution in [0.5, 0.6) is 11.5 Å². The van der Waals surface area contributed by atoms with Crippen LogP contribution in [0.4, 0.5) is 10.5 Å². The van der Waals surface area contributed by atoms with E-state index in [9.17, 15) is 9.90 Å². The van der Waals surface area contributed by atoms with Gasteiger partial charge in [-0.3, -0.25) is 0 Å². The lowest BCUT2D eigenvalue weighted by atomic mass is 9.96. The Labute approximate surface area is 143 Å². The molecule has 1 saturated carbocycles. The molecule has 0 saturated heterocycles. The highest BCUT2D eigenvalue weighted by Crippen LogP contribution is 2.46. The van der Waals surface area contributed by atoms with Crippen molar-refractivity contribution in [2.45, 2.75) is 18.4 Å². The molecule has 0 bridgehead atoms. The molecule has 1 aliphatic carbocycles. The molecule has 0 radical (unpaired) electrons. The average Bonchev–Trinajstić information content (AvgIpc) is 3.10. The SMILES string of the molecule is O=C(NC[C@@](O)(c1cccs1)C1CC1)Nc1ccc2c(c1)OCO2. The van der Waals surface area contributed by atoms with E-state index in [2.05, 4.69) is 10.6 Å². The number of fused-ring (bicyclic) bond motifs is 1. The van der Waals surface area contributed by atoms with Gasteiger partial charge in [0.2, 0.25) is 6.79 Å². The Balaban J connectivity index is 1.39. The molecule has 1 aromatic carbocycles. The summed E-state index contributed by atoms with van der Waals surface area (Å²) in [5.41, 5.74) is -0.372. The molecular formula is C17H18N2O4S. The second kappa shape index (κ2) is 5.99. The molecule has 1 atom stereocenters. The molecule has 1 aromatic heterocycles. The first-order valence-corrected chi connectivity index (χ1v) is 8.74. The van der Waals surface area contributed by atoms with Gasteiger partial charge in [0.05, 0.1) is 6.54 Å². The fraction of sp³-hybridized carbons (Fsp3) is 0.353. The van der Waals surface area contributed by atoms with Crippen molar-refractivity contribution in [2.24, 2.45) is 5.92 Å². The summed E-state index contributed by atoms with van der Waals surface area (Å²) < 4.78 is 10.5. The van der Waals surface area contributed by atoms with Crippen LogP contribution >= 0.6 is 11.3 Å². The zero-order chi connectivity index (χ0) is 16.6. The first-order chi connectivity index (χ1) is 11.6. The van der Waals surface area contributed by atoms with E-state index in [1.807, 2.05) is 17.5 Å². The molecule has 1 fully saturated rings. The molecule has 1 aliphatic heterocycles. The monoisotopic (exact) mass is 346 g/mol. The molecule has 7 heteroatoms. The largest absolute Gasteiger partial charge is 0.454 e. The molecular weight excluding hydrogens is 328 g/mol. The first kappa shape index (κ1) is 15.3. The lowest BCUT2D eigenvalue weighted by Crippen LogP contribution is -2.43. The summed E-state index contributed by atoms with van der Waals surface area (Å²) in [5.74, 6) is 1.49. The number of thiophene rings is 1. The van der Waals surface area contributed by atoms with Gasteiger partial charge in [0.15, 0.2) is 11.5 Å². The molecule has 2 heterocycles. The lowest BCUT2D eigenvalue weighted by molar-refractivity contribution is 0.0200. The Morgan fingerprint density at radius 3 is 2.88 bits per heavy atom. The maximum atomic E-state index is 12.2. The van der Waals surface area contributed by atoms with Crippen molar-refractivity contribution in [3.63, 3.8) is 0 Å². The number of benzene rings is 1. The summed E-state index contributed by atoms with van der Waals surface area (Å²) in [6, 6.07) is 8.70. The van der Waals surface area contributed by atoms with E-state index in [1.54, 1.807) is 18.2 Å². The van der Waals surface area contributed by atoms with E-state index in [1.165, 1.54) is 11.3 Å². The second-order valence-electron chi connectivity index (χ2n) is 6.05. The molecule has 2 amide bonds. The number of nitrogens with one attached hydrogen (secondary N) is 2. The van der Waals surface area contributed by atoms with Crippen LogP contribution in [0.3, 0.4) is 0 Å². The summed E-state index contributed by atoms with van der Waals surface area (Å²) in [5, 5.41) is 18.5.